The van der Waals surface area contributed by atoms with E-state index in [0.717, 1.165) is 17.8 Å². The predicted octanol–water partition coefficient (Wildman–Crippen LogP) is 5.67. The summed E-state index contributed by atoms with van der Waals surface area (Å²) in [6.45, 7) is 11.8. The average Bonchev–Trinajstić information content (AvgIpc) is 2.28. The number of hydrogen-bond acceptors (Lipinski definition) is 0. The molecule has 2 unspecified atom stereocenters. The first kappa shape index (κ1) is 15.0. The molecule has 0 amide bonds. The van der Waals surface area contributed by atoms with Gasteiger partial charge in [0, 0.05) is 0 Å². The van der Waals surface area contributed by atoms with Gasteiger partial charge in [-0.3, -0.25) is 0 Å². The third-order valence-corrected chi connectivity index (χ3v) is 4.32. The predicted molar refractivity (Wildman–Crippen MR) is 71.2 cm³/mol. The first-order valence-electron chi connectivity index (χ1n) is 7.19. The molecule has 0 aromatic carbocycles. The fourth-order valence-corrected chi connectivity index (χ4v) is 2.59. The van der Waals surface area contributed by atoms with Crippen LogP contribution < -0.4 is 0 Å². The molecule has 0 saturated carbocycles. The van der Waals surface area contributed by atoms with Gasteiger partial charge in [0.05, 0.1) is 0 Å². The van der Waals surface area contributed by atoms with E-state index in [1.54, 1.807) is 0 Å². The van der Waals surface area contributed by atoms with Crippen LogP contribution in [0.4, 0.5) is 0 Å². The highest BCUT2D eigenvalue weighted by molar-refractivity contribution is 4.65. The molecule has 0 aromatic heterocycles. The van der Waals surface area contributed by atoms with Gasteiger partial charge in [-0.25, -0.2) is 0 Å². The third-order valence-electron chi connectivity index (χ3n) is 4.32. The first-order valence-corrected chi connectivity index (χ1v) is 7.19. The minimum absolute atomic E-state index is 0.928. The van der Waals surface area contributed by atoms with Gasteiger partial charge in [-0.15, -0.1) is 0 Å². The molecule has 0 N–H and O–H groups in total. The van der Waals surface area contributed by atoms with Gasteiger partial charge in [0.1, 0.15) is 0 Å². The fourth-order valence-electron chi connectivity index (χ4n) is 2.59. The Balaban J connectivity index is 3.71. The lowest BCUT2D eigenvalue weighted by Gasteiger charge is -2.22. The van der Waals surface area contributed by atoms with Gasteiger partial charge in [0.2, 0.25) is 0 Å². The van der Waals surface area contributed by atoms with E-state index in [-0.39, 0.29) is 0 Å². The summed E-state index contributed by atoms with van der Waals surface area (Å²) in [5, 5.41) is 0. The largest absolute Gasteiger partial charge is 0.0651 e. The molecular formula is C15H32. The van der Waals surface area contributed by atoms with Gasteiger partial charge in [-0.1, -0.05) is 79.6 Å². The van der Waals surface area contributed by atoms with E-state index in [1.165, 1.54) is 44.9 Å². The second kappa shape index (κ2) is 9.24. The maximum Gasteiger partial charge on any atom is -0.0391 e. The highest BCUT2D eigenvalue weighted by atomic mass is 14.2. The molecule has 0 aromatic rings. The van der Waals surface area contributed by atoms with E-state index in [4.69, 9.17) is 0 Å². The van der Waals surface area contributed by atoms with Crippen LogP contribution in [0.25, 0.3) is 0 Å². The maximum absolute atomic E-state index is 2.42. The highest BCUT2D eigenvalue weighted by Crippen LogP contribution is 2.26. The molecule has 0 nitrogen and oxygen atoms in total. The second-order valence-corrected chi connectivity index (χ2v) is 5.17. The van der Waals surface area contributed by atoms with Crippen molar-refractivity contribution in [3.63, 3.8) is 0 Å². The van der Waals surface area contributed by atoms with E-state index < -0.39 is 0 Å². The van der Waals surface area contributed by atoms with Crippen LogP contribution in [-0.4, -0.2) is 0 Å². The van der Waals surface area contributed by atoms with Crippen molar-refractivity contribution in [1.29, 1.82) is 0 Å². The van der Waals surface area contributed by atoms with Gasteiger partial charge < -0.3 is 0 Å². The Bertz CT molecular complexity index is 124. The average molecular weight is 212 g/mol. The van der Waals surface area contributed by atoms with Gasteiger partial charge in [0.25, 0.3) is 0 Å². The van der Waals surface area contributed by atoms with Crippen molar-refractivity contribution in [3.05, 3.63) is 0 Å². The molecule has 0 bridgehead atoms. The van der Waals surface area contributed by atoms with Crippen molar-refractivity contribution >= 4 is 0 Å². The highest BCUT2D eigenvalue weighted by Gasteiger charge is 2.13. The summed E-state index contributed by atoms with van der Waals surface area (Å²) in [4.78, 5) is 0. The molecule has 0 radical (unpaired) electrons. The second-order valence-electron chi connectivity index (χ2n) is 5.17. The Labute approximate surface area is 97.8 Å². The van der Waals surface area contributed by atoms with E-state index in [9.17, 15) is 0 Å². The monoisotopic (exact) mass is 212 g/mol. The van der Waals surface area contributed by atoms with Crippen molar-refractivity contribution in [2.45, 2.75) is 79.6 Å². The summed E-state index contributed by atoms with van der Waals surface area (Å²) in [7, 11) is 0. The molecule has 0 aliphatic rings. The molecule has 92 valence electrons. The molecule has 0 heteroatoms. The van der Waals surface area contributed by atoms with Gasteiger partial charge in [-0.2, -0.15) is 0 Å². The summed E-state index contributed by atoms with van der Waals surface area (Å²) in [6.07, 6.45) is 9.84. The fraction of sp³-hybridized carbons (Fsp3) is 1.00. The SMILES string of the molecule is CCC(CC)CCCC(CC)C(C)CC. The zero-order chi connectivity index (χ0) is 11.7. The maximum atomic E-state index is 2.42. The topological polar surface area (TPSA) is 0 Å². The summed E-state index contributed by atoms with van der Waals surface area (Å²) >= 11 is 0. The van der Waals surface area contributed by atoms with Crippen molar-refractivity contribution in [1.82, 2.24) is 0 Å². The zero-order valence-corrected chi connectivity index (χ0v) is 11.7. The molecule has 0 aliphatic heterocycles. The summed E-state index contributed by atoms with van der Waals surface area (Å²) in [5.74, 6) is 2.89. The van der Waals surface area contributed by atoms with E-state index in [2.05, 4.69) is 34.6 Å². The minimum Gasteiger partial charge on any atom is -0.0651 e. The molecule has 0 heterocycles. The van der Waals surface area contributed by atoms with Gasteiger partial charge >= 0.3 is 0 Å². The smallest absolute Gasteiger partial charge is 0.0391 e. The van der Waals surface area contributed by atoms with Gasteiger partial charge in [-0.05, 0) is 17.8 Å². The Morgan fingerprint density at radius 3 is 1.73 bits per heavy atom. The lowest BCUT2D eigenvalue weighted by Crippen LogP contribution is -2.10. The van der Waals surface area contributed by atoms with Crippen molar-refractivity contribution in [2.24, 2.45) is 17.8 Å². The Hall–Kier alpha value is 0. The Morgan fingerprint density at radius 1 is 0.733 bits per heavy atom. The van der Waals surface area contributed by atoms with Crippen LogP contribution in [0, 0.1) is 17.8 Å². The normalized spacial score (nSPS) is 15.6. The summed E-state index contributed by atoms with van der Waals surface area (Å²) in [5.41, 5.74) is 0. The summed E-state index contributed by atoms with van der Waals surface area (Å²) in [6, 6.07) is 0. The molecule has 0 rings (SSSR count). The lowest BCUT2D eigenvalue weighted by molar-refractivity contribution is 0.295. The summed E-state index contributed by atoms with van der Waals surface area (Å²) < 4.78 is 0. The minimum atomic E-state index is 0.928. The molecule has 0 saturated heterocycles. The van der Waals surface area contributed by atoms with Crippen molar-refractivity contribution in [3.8, 4) is 0 Å². The molecule has 0 spiro atoms. The first-order chi connectivity index (χ1) is 7.19. The van der Waals surface area contributed by atoms with Crippen LogP contribution in [0.2, 0.25) is 0 Å². The van der Waals surface area contributed by atoms with Crippen molar-refractivity contribution < 1.29 is 0 Å². The van der Waals surface area contributed by atoms with Crippen LogP contribution in [0.3, 0.4) is 0 Å². The van der Waals surface area contributed by atoms with Crippen LogP contribution in [-0.2, 0) is 0 Å². The molecule has 15 heavy (non-hydrogen) atoms. The third kappa shape index (κ3) is 6.22. The van der Waals surface area contributed by atoms with Crippen molar-refractivity contribution in [2.75, 3.05) is 0 Å². The van der Waals surface area contributed by atoms with Gasteiger partial charge in [0.15, 0.2) is 0 Å². The molecule has 0 fully saturated rings. The Kier molecular flexibility index (Phi) is 9.24. The molecule has 2 atom stereocenters. The zero-order valence-electron chi connectivity index (χ0n) is 11.7. The van der Waals surface area contributed by atoms with Crippen LogP contribution >= 0.6 is 0 Å². The van der Waals surface area contributed by atoms with Crippen LogP contribution in [0.5, 0.6) is 0 Å². The molecular weight excluding hydrogens is 180 g/mol. The quantitative estimate of drug-likeness (QED) is 0.462. The van der Waals surface area contributed by atoms with E-state index >= 15 is 0 Å². The lowest BCUT2D eigenvalue weighted by atomic mass is 9.84. The Morgan fingerprint density at radius 2 is 1.33 bits per heavy atom. The number of rotatable bonds is 9. The van der Waals surface area contributed by atoms with Crippen LogP contribution in [0.15, 0.2) is 0 Å². The molecule has 0 aliphatic carbocycles. The van der Waals surface area contributed by atoms with E-state index in [0.29, 0.717) is 0 Å². The number of hydrogen-bond donors (Lipinski definition) is 0. The standard InChI is InChI=1S/C15H32/c1-6-13(5)15(9-4)12-10-11-14(7-2)8-3/h13-15H,6-12H2,1-5H3. The van der Waals surface area contributed by atoms with Crippen LogP contribution in [0.1, 0.15) is 79.6 Å². The van der Waals surface area contributed by atoms with E-state index in [1.807, 2.05) is 0 Å².